The van der Waals surface area contributed by atoms with Crippen molar-refractivity contribution in [2.45, 2.75) is 6.54 Å². The van der Waals surface area contributed by atoms with E-state index in [4.69, 9.17) is 0 Å². The van der Waals surface area contributed by atoms with E-state index in [0.717, 1.165) is 11.6 Å². The molecule has 6 heteroatoms. The van der Waals surface area contributed by atoms with E-state index < -0.39 is 10.7 Å². The van der Waals surface area contributed by atoms with Crippen molar-refractivity contribution in [3.8, 4) is 0 Å². The Bertz CT molecular complexity index is 590. The SMILES string of the molecule is CN(Cc1ccncc1)c1cc(F)cc([N+](=O)[O-])c1. The molecule has 5 nitrogen and oxygen atoms in total. The number of rotatable bonds is 4. The number of pyridine rings is 1. The van der Waals surface area contributed by atoms with Crippen LogP contribution in [0.1, 0.15) is 5.56 Å². The largest absolute Gasteiger partial charge is 0.370 e. The van der Waals surface area contributed by atoms with Crippen molar-refractivity contribution >= 4 is 11.4 Å². The number of aromatic nitrogens is 1. The molecule has 0 amide bonds. The van der Waals surface area contributed by atoms with Crippen molar-refractivity contribution in [1.82, 2.24) is 4.98 Å². The van der Waals surface area contributed by atoms with Crippen LogP contribution in [0.3, 0.4) is 0 Å². The van der Waals surface area contributed by atoms with E-state index in [1.807, 2.05) is 12.1 Å². The van der Waals surface area contributed by atoms with Gasteiger partial charge in [-0.05, 0) is 23.8 Å². The minimum atomic E-state index is -0.620. The van der Waals surface area contributed by atoms with Crippen LogP contribution in [0.15, 0.2) is 42.7 Å². The monoisotopic (exact) mass is 261 g/mol. The molecule has 0 atom stereocenters. The molecule has 2 rings (SSSR count). The molecule has 0 spiro atoms. The number of nitro benzene ring substituents is 1. The van der Waals surface area contributed by atoms with Crippen molar-refractivity contribution in [2.75, 3.05) is 11.9 Å². The van der Waals surface area contributed by atoms with E-state index >= 15 is 0 Å². The van der Waals surface area contributed by atoms with Crippen molar-refractivity contribution in [3.05, 3.63) is 64.2 Å². The molecule has 0 saturated carbocycles. The molecule has 0 unspecified atom stereocenters. The number of benzene rings is 1. The first-order valence-electron chi connectivity index (χ1n) is 5.61. The summed E-state index contributed by atoms with van der Waals surface area (Å²) in [6, 6.07) is 7.21. The molecule has 2 aromatic rings. The van der Waals surface area contributed by atoms with E-state index in [0.29, 0.717) is 12.2 Å². The maximum atomic E-state index is 13.3. The standard InChI is InChI=1S/C13H12FN3O2/c1-16(9-10-2-4-15-5-3-10)12-6-11(14)7-13(8-12)17(18)19/h2-8H,9H2,1H3. The van der Waals surface area contributed by atoms with E-state index in [-0.39, 0.29) is 5.69 Å². The second-order valence-electron chi connectivity index (χ2n) is 4.14. The lowest BCUT2D eigenvalue weighted by molar-refractivity contribution is -0.385. The van der Waals surface area contributed by atoms with Gasteiger partial charge in [0.05, 0.1) is 11.0 Å². The summed E-state index contributed by atoms with van der Waals surface area (Å²) in [7, 11) is 1.75. The van der Waals surface area contributed by atoms with Crippen LogP contribution in [0.5, 0.6) is 0 Å². The first-order chi connectivity index (χ1) is 9.06. The van der Waals surface area contributed by atoms with Gasteiger partial charge in [0, 0.05) is 37.7 Å². The number of nitro groups is 1. The summed E-state index contributed by atoms with van der Waals surface area (Å²) in [5, 5.41) is 10.7. The van der Waals surface area contributed by atoms with Gasteiger partial charge < -0.3 is 4.90 Å². The van der Waals surface area contributed by atoms with Crippen LogP contribution >= 0.6 is 0 Å². The van der Waals surface area contributed by atoms with Gasteiger partial charge in [-0.3, -0.25) is 15.1 Å². The highest BCUT2D eigenvalue weighted by Crippen LogP contribution is 2.23. The molecule has 19 heavy (non-hydrogen) atoms. The van der Waals surface area contributed by atoms with Gasteiger partial charge in [0.2, 0.25) is 0 Å². The summed E-state index contributed by atoms with van der Waals surface area (Å²) in [6.45, 7) is 0.517. The molecule has 0 aliphatic carbocycles. The molecular formula is C13H12FN3O2. The summed E-state index contributed by atoms with van der Waals surface area (Å²) in [5.41, 5.74) is 1.20. The maximum Gasteiger partial charge on any atom is 0.274 e. The Morgan fingerprint density at radius 2 is 2.00 bits per heavy atom. The van der Waals surface area contributed by atoms with Crippen molar-refractivity contribution in [2.24, 2.45) is 0 Å². The summed E-state index contributed by atoms with van der Waals surface area (Å²) < 4.78 is 13.3. The smallest absolute Gasteiger partial charge is 0.274 e. The average molecular weight is 261 g/mol. The molecule has 1 heterocycles. The molecule has 1 aromatic carbocycles. The summed E-state index contributed by atoms with van der Waals surface area (Å²) in [4.78, 5) is 15.7. The second-order valence-corrected chi connectivity index (χ2v) is 4.14. The molecular weight excluding hydrogens is 249 g/mol. The molecule has 0 fully saturated rings. The normalized spacial score (nSPS) is 10.2. The van der Waals surface area contributed by atoms with Gasteiger partial charge in [0.25, 0.3) is 5.69 Å². The third-order valence-corrected chi connectivity index (χ3v) is 2.69. The molecule has 0 aliphatic rings. The third-order valence-electron chi connectivity index (χ3n) is 2.69. The fourth-order valence-electron chi connectivity index (χ4n) is 1.74. The van der Waals surface area contributed by atoms with E-state index in [2.05, 4.69) is 4.98 Å². The minimum absolute atomic E-state index is 0.253. The van der Waals surface area contributed by atoms with Gasteiger partial charge in [-0.1, -0.05) is 0 Å². The van der Waals surface area contributed by atoms with Crippen LogP contribution in [0.2, 0.25) is 0 Å². The Kier molecular flexibility index (Phi) is 3.70. The summed E-state index contributed by atoms with van der Waals surface area (Å²) in [5.74, 6) is -0.620. The quantitative estimate of drug-likeness (QED) is 0.627. The molecule has 98 valence electrons. The minimum Gasteiger partial charge on any atom is -0.370 e. The fourth-order valence-corrected chi connectivity index (χ4v) is 1.74. The second kappa shape index (κ2) is 5.43. The predicted molar refractivity (Wildman–Crippen MR) is 69.4 cm³/mol. The highest BCUT2D eigenvalue weighted by atomic mass is 19.1. The van der Waals surface area contributed by atoms with Crippen LogP contribution in [-0.2, 0) is 6.54 Å². The van der Waals surface area contributed by atoms with Gasteiger partial charge in [-0.25, -0.2) is 4.39 Å². The van der Waals surface area contributed by atoms with Crippen molar-refractivity contribution in [3.63, 3.8) is 0 Å². The maximum absolute atomic E-state index is 13.3. The number of non-ortho nitro benzene ring substituents is 1. The number of hydrogen-bond acceptors (Lipinski definition) is 4. The van der Waals surface area contributed by atoms with Gasteiger partial charge in [0.1, 0.15) is 5.82 Å². The summed E-state index contributed by atoms with van der Waals surface area (Å²) >= 11 is 0. The van der Waals surface area contributed by atoms with Gasteiger partial charge >= 0.3 is 0 Å². The first-order valence-corrected chi connectivity index (χ1v) is 5.61. The van der Waals surface area contributed by atoms with Crippen LogP contribution < -0.4 is 4.90 Å². The molecule has 0 aliphatic heterocycles. The molecule has 0 radical (unpaired) electrons. The Labute approximate surface area is 109 Å². The lowest BCUT2D eigenvalue weighted by Crippen LogP contribution is -2.16. The highest BCUT2D eigenvalue weighted by Gasteiger charge is 2.12. The topological polar surface area (TPSA) is 59.3 Å². The highest BCUT2D eigenvalue weighted by molar-refractivity contribution is 5.53. The van der Waals surface area contributed by atoms with E-state index in [1.54, 1.807) is 24.3 Å². The van der Waals surface area contributed by atoms with Gasteiger partial charge in [0.15, 0.2) is 0 Å². The number of halogens is 1. The zero-order valence-electron chi connectivity index (χ0n) is 10.3. The van der Waals surface area contributed by atoms with Crippen LogP contribution in [0.25, 0.3) is 0 Å². The zero-order chi connectivity index (χ0) is 13.8. The number of anilines is 1. The molecule has 0 N–H and O–H groups in total. The van der Waals surface area contributed by atoms with E-state index in [1.165, 1.54) is 12.1 Å². The van der Waals surface area contributed by atoms with Crippen LogP contribution in [-0.4, -0.2) is 17.0 Å². The predicted octanol–water partition coefficient (Wildman–Crippen LogP) is 2.77. The Morgan fingerprint density at radius 3 is 2.63 bits per heavy atom. The van der Waals surface area contributed by atoms with Gasteiger partial charge in [-0.2, -0.15) is 0 Å². The lowest BCUT2D eigenvalue weighted by Gasteiger charge is -2.19. The van der Waals surface area contributed by atoms with Crippen LogP contribution in [0.4, 0.5) is 15.8 Å². The Morgan fingerprint density at radius 1 is 1.32 bits per heavy atom. The van der Waals surface area contributed by atoms with Crippen molar-refractivity contribution < 1.29 is 9.31 Å². The molecule has 0 saturated heterocycles. The third kappa shape index (κ3) is 3.25. The van der Waals surface area contributed by atoms with Crippen LogP contribution in [0, 0.1) is 15.9 Å². The average Bonchev–Trinajstić information content (AvgIpc) is 2.39. The van der Waals surface area contributed by atoms with E-state index in [9.17, 15) is 14.5 Å². The fraction of sp³-hybridized carbons (Fsp3) is 0.154. The van der Waals surface area contributed by atoms with Crippen molar-refractivity contribution in [1.29, 1.82) is 0 Å². The lowest BCUT2D eigenvalue weighted by atomic mass is 10.2. The first kappa shape index (κ1) is 12.9. The summed E-state index contributed by atoms with van der Waals surface area (Å²) in [6.07, 6.45) is 3.33. The number of nitrogens with zero attached hydrogens (tertiary/aromatic N) is 3. The Hall–Kier alpha value is -2.50. The number of hydrogen-bond donors (Lipinski definition) is 0. The Balaban J connectivity index is 2.24. The molecule has 0 bridgehead atoms. The zero-order valence-corrected chi connectivity index (χ0v) is 10.3. The molecule has 1 aromatic heterocycles. The van der Waals surface area contributed by atoms with Gasteiger partial charge in [-0.15, -0.1) is 0 Å².